The summed E-state index contributed by atoms with van der Waals surface area (Å²) in [6.07, 6.45) is 3.20. The third-order valence-electron chi connectivity index (χ3n) is 3.46. The molecule has 0 aliphatic carbocycles. The molecule has 2 rings (SSSR count). The van der Waals surface area contributed by atoms with E-state index in [9.17, 15) is 4.79 Å². The Bertz CT molecular complexity index is 721. The third kappa shape index (κ3) is 3.88. The first kappa shape index (κ1) is 15.6. The van der Waals surface area contributed by atoms with E-state index in [0.29, 0.717) is 11.4 Å². The van der Waals surface area contributed by atoms with Gasteiger partial charge in [-0.3, -0.25) is 4.79 Å². The van der Waals surface area contributed by atoms with E-state index in [1.807, 2.05) is 38.1 Å². The number of aryl methyl sites for hydroxylation is 2. The van der Waals surface area contributed by atoms with E-state index in [0.717, 1.165) is 16.8 Å². The molecule has 1 amide bonds. The summed E-state index contributed by atoms with van der Waals surface area (Å²) in [6.45, 7) is 4.05. The van der Waals surface area contributed by atoms with Crippen molar-refractivity contribution in [2.24, 2.45) is 0 Å². The minimum Gasteiger partial charge on any atom is -0.495 e. The summed E-state index contributed by atoms with van der Waals surface area (Å²) < 4.78 is 5.10. The van der Waals surface area contributed by atoms with Crippen molar-refractivity contribution in [3.8, 4) is 5.75 Å². The second kappa shape index (κ2) is 6.80. The molecule has 2 aromatic rings. The van der Waals surface area contributed by atoms with Gasteiger partial charge in [0.25, 0.3) is 0 Å². The molecule has 0 atom stereocenters. The van der Waals surface area contributed by atoms with E-state index in [1.165, 1.54) is 11.6 Å². The number of hydrogen-bond donors (Lipinski definition) is 2. The second-order valence-electron chi connectivity index (χ2n) is 5.12. The van der Waals surface area contributed by atoms with E-state index >= 15 is 0 Å². The number of ether oxygens (including phenoxy) is 1. The molecule has 0 saturated carbocycles. The van der Waals surface area contributed by atoms with Crippen LogP contribution in [0.4, 0.5) is 11.4 Å². The van der Waals surface area contributed by atoms with Gasteiger partial charge < -0.3 is 15.8 Å². The normalized spacial score (nSPS) is 10.7. The molecule has 0 unspecified atom stereocenters. The van der Waals surface area contributed by atoms with Crippen LogP contribution in [0.3, 0.4) is 0 Å². The zero-order valence-corrected chi connectivity index (χ0v) is 13.0. The first-order valence-corrected chi connectivity index (χ1v) is 6.99. The Morgan fingerprint density at radius 2 is 1.91 bits per heavy atom. The lowest BCUT2D eigenvalue weighted by Crippen LogP contribution is -2.07. The van der Waals surface area contributed by atoms with Gasteiger partial charge in [0.1, 0.15) is 5.75 Å². The van der Waals surface area contributed by atoms with E-state index in [4.69, 9.17) is 10.5 Å². The molecular formula is C18H20N2O2. The molecule has 0 aliphatic heterocycles. The molecule has 0 heterocycles. The summed E-state index contributed by atoms with van der Waals surface area (Å²) in [4.78, 5) is 11.9. The molecule has 114 valence electrons. The summed E-state index contributed by atoms with van der Waals surface area (Å²) in [5, 5.41) is 2.84. The van der Waals surface area contributed by atoms with Crippen LogP contribution in [0.1, 0.15) is 16.7 Å². The van der Waals surface area contributed by atoms with Crippen molar-refractivity contribution in [1.29, 1.82) is 0 Å². The van der Waals surface area contributed by atoms with Crippen molar-refractivity contribution < 1.29 is 9.53 Å². The third-order valence-corrected chi connectivity index (χ3v) is 3.46. The maximum absolute atomic E-state index is 11.9. The number of methoxy groups -OCH3 is 1. The highest BCUT2D eigenvalue weighted by molar-refractivity contribution is 6.02. The maximum Gasteiger partial charge on any atom is 0.248 e. The van der Waals surface area contributed by atoms with Gasteiger partial charge in [-0.1, -0.05) is 12.1 Å². The molecule has 0 bridgehead atoms. The Labute approximate surface area is 130 Å². The molecule has 0 aliphatic rings. The minimum atomic E-state index is -0.183. The predicted molar refractivity (Wildman–Crippen MR) is 91.0 cm³/mol. The zero-order chi connectivity index (χ0) is 16.1. The molecule has 0 fully saturated rings. The lowest BCUT2D eigenvalue weighted by molar-refractivity contribution is -0.111. The lowest BCUT2D eigenvalue weighted by Gasteiger charge is -2.06. The summed E-state index contributed by atoms with van der Waals surface area (Å²) in [6, 6.07) is 11.2. The number of nitrogens with two attached hydrogens (primary N) is 1. The molecule has 2 aromatic carbocycles. The van der Waals surface area contributed by atoms with Crippen LogP contribution in [0.5, 0.6) is 5.75 Å². The van der Waals surface area contributed by atoms with Crippen LogP contribution in [-0.2, 0) is 4.79 Å². The average molecular weight is 296 g/mol. The highest BCUT2D eigenvalue weighted by Gasteiger charge is 2.01. The van der Waals surface area contributed by atoms with Crippen molar-refractivity contribution in [3.05, 3.63) is 59.2 Å². The van der Waals surface area contributed by atoms with Crippen LogP contribution < -0.4 is 15.8 Å². The summed E-state index contributed by atoms with van der Waals surface area (Å²) in [5.41, 5.74) is 10.3. The Morgan fingerprint density at radius 3 is 2.55 bits per heavy atom. The number of amides is 1. The van der Waals surface area contributed by atoms with Crippen LogP contribution in [0.25, 0.3) is 6.08 Å². The smallest absolute Gasteiger partial charge is 0.248 e. The molecule has 4 heteroatoms. The van der Waals surface area contributed by atoms with Crippen LogP contribution >= 0.6 is 0 Å². The number of carbonyl (C=O) groups excluding carboxylic acids is 1. The summed E-state index contributed by atoms with van der Waals surface area (Å²) >= 11 is 0. The summed E-state index contributed by atoms with van der Waals surface area (Å²) in [5.74, 6) is 0.439. The molecule has 22 heavy (non-hydrogen) atoms. The fourth-order valence-electron chi connectivity index (χ4n) is 2.03. The van der Waals surface area contributed by atoms with Gasteiger partial charge in [-0.15, -0.1) is 0 Å². The standard InChI is InChI=1S/C18H20N2O2/c1-12-4-7-15(10-13(12)2)20-18(21)9-6-14-5-8-17(22-3)16(19)11-14/h4-11H,19H2,1-3H3,(H,20,21)/b9-6+. The van der Waals surface area contributed by atoms with Gasteiger partial charge >= 0.3 is 0 Å². The zero-order valence-electron chi connectivity index (χ0n) is 13.0. The first-order chi connectivity index (χ1) is 10.5. The molecule has 0 aromatic heterocycles. The lowest BCUT2D eigenvalue weighted by atomic mass is 10.1. The fourth-order valence-corrected chi connectivity index (χ4v) is 2.03. The van der Waals surface area contributed by atoms with Crippen molar-refractivity contribution in [3.63, 3.8) is 0 Å². The number of rotatable bonds is 4. The largest absolute Gasteiger partial charge is 0.495 e. The number of anilines is 2. The van der Waals surface area contributed by atoms with Gasteiger partial charge in [-0.2, -0.15) is 0 Å². The van der Waals surface area contributed by atoms with E-state index in [1.54, 1.807) is 25.3 Å². The van der Waals surface area contributed by atoms with Gasteiger partial charge in [-0.05, 0) is 60.9 Å². The van der Waals surface area contributed by atoms with Crippen molar-refractivity contribution in [2.45, 2.75) is 13.8 Å². The Kier molecular flexibility index (Phi) is 4.84. The average Bonchev–Trinajstić information content (AvgIpc) is 2.49. The van der Waals surface area contributed by atoms with Crippen LogP contribution in [0.2, 0.25) is 0 Å². The number of nitrogen functional groups attached to an aromatic ring is 1. The first-order valence-electron chi connectivity index (χ1n) is 6.99. The number of carbonyl (C=O) groups is 1. The molecular weight excluding hydrogens is 276 g/mol. The summed E-state index contributed by atoms with van der Waals surface area (Å²) in [7, 11) is 1.57. The Morgan fingerprint density at radius 1 is 1.14 bits per heavy atom. The molecule has 0 saturated heterocycles. The Balaban J connectivity index is 2.04. The quantitative estimate of drug-likeness (QED) is 0.670. The van der Waals surface area contributed by atoms with E-state index < -0.39 is 0 Å². The topological polar surface area (TPSA) is 64.3 Å². The van der Waals surface area contributed by atoms with Crippen molar-refractivity contribution in [1.82, 2.24) is 0 Å². The Hall–Kier alpha value is -2.75. The number of benzene rings is 2. The molecule has 0 radical (unpaired) electrons. The maximum atomic E-state index is 11.9. The SMILES string of the molecule is COc1ccc(/C=C/C(=O)Nc2ccc(C)c(C)c2)cc1N. The highest BCUT2D eigenvalue weighted by atomic mass is 16.5. The molecule has 3 N–H and O–H groups in total. The van der Waals surface area contributed by atoms with Crippen molar-refractivity contribution in [2.75, 3.05) is 18.2 Å². The number of hydrogen-bond acceptors (Lipinski definition) is 3. The van der Waals surface area contributed by atoms with Gasteiger partial charge in [0.2, 0.25) is 5.91 Å². The van der Waals surface area contributed by atoms with E-state index in [2.05, 4.69) is 5.32 Å². The fraction of sp³-hybridized carbons (Fsp3) is 0.167. The molecule has 0 spiro atoms. The highest BCUT2D eigenvalue weighted by Crippen LogP contribution is 2.22. The van der Waals surface area contributed by atoms with E-state index in [-0.39, 0.29) is 5.91 Å². The van der Waals surface area contributed by atoms with Crippen LogP contribution in [-0.4, -0.2) is 13.0 Å². The molecule has 4 nitrogen and oxygen atoms in total. The second-order valence-corrected chi connectivity index (χ2v) is 5.12. The van der Waals surface area contributed by atoms with Crippen LogP contribution in [0.15, 0.2) is 42.5 Å². The monoisotopic (exact) mass is 296 g/mol. The predicted octanol–water partition coefficient (Wildman–Crippen LogP) is 3.55. The van der Waals surface area contributed by atoms with Gasteiger partial charge in [0.05, 0.1) is 12.8 Å². The van der Waals surface area contributed by atoms with Gasteiger partial charge in [0, 0.05) is 11.8 Å². The van der Waals surface area contributed by atoms with Crippen molar-refractivity contribution >= 4 is 23.4 Å². The minimum absolute atomic E-state index is 0.183. The van der Waals surface area contributed by atoms with Gasteiger partial charge in [-0.25, -0.2) is 0 Å². The van der Waals surface area contributed by atoms with Gasteiger partial charge in [0.15, 0.2) is 0 Å². The van der Waals surface area contributed by atoms with Crippen LogP contribution in [0, 0.1) is 13.8 Å². The number of nitrogens with one attached hydrogen (secondary N) is 1.